The van der Waals surface area contributed by atoms with Crippen LogP contribution in [0.4, 0.5) is 11.4 Å². The molecule has 1 aliphatic rings. The maximum atomic E-state index is 6.66. The first-order valence-corrected chi connectivity index (χ1v) is 18.2. The lowest BCUT2D eigenvalue weighted by atomic mass is 9.88. The van der Waals surface area contributed by atoms with Gasteiger partial charge in [-0.05, 0) is 127 Å². The largest absolute Gasteiger partial charge is 0.457 e. The van der Waals surface area contributed by atoms with Crippen molar-refractivity contribution in [2.24, 2.45) is 0 Å². The topological polar surface area (TPSA) is 33.5 Å². The molecule has 7 aromatic rings. The monoisotopic (exact) mass is 682 g/mol. The first kappa shape index (κ1) is 33.3. The van der Waals surface area contributed by atoms with Crippen LogP contribution >= 0.6 is 0 Å². The van der Waals surface area contributed by atoms with Gasteiger partial charge in [0.05, 0.1) is 17.7 Å². The average molecular weight is 683 g/mol. The minimum Gasteiger partial charge on any atom is -0.457 e. The molecule has 5 aromatic carbocycles. The van der Waals surface area contributed by atoms with E-state index in [2.05, 4.69) is 179 Å². The molecule has 0 radical (unpaired) electrons. The number of anilines is 2. The fraction of sp³-hybridized carbons (Fsp3) is 0.213. The number of ether oxygens (including phenoxy) is 1. The number of hydrogen-bond acceptors (Lipinski definition) is 4. The molecule has 2 aromatic heterocycles. The van der Waals surface area contributed by atoms with Gasteiger partial charge in [0, 0.05) is 52.9 Å². The zero-order chi connectivity index (χ0) is 36.3. The van der Waals surface area contributed by atoms with Gasteiger partial charge in [-0.1, -0.05) is 69.3 Å². The van der Waals surface area contributed by atoms with Gasteiger partial charge in [0.25, 0.3) is 0 Å². The number of rotatable bonds is 6. The molecule has 3 heterocycles. The Morgan fingerprint density at radius 2 is 1.31 bits per heavy atom. The molecular weight excluding hydrogens is 637 g/mol. The smallest absolute Gasteiger partial charge is 0.137 e. The van der Waals surface area contributed by atoms with Gasteiger partial charge in [0.2, 0.25) is 0 Å². The van der Waals surface area contributed by atoms with Gasteiger partial charge in [-0.15, -0.1) is 0 Å². The highest BCUT2D eigenvalue weighted by Gasteiger charge is 2.23. The van der Waals surface area contributed by atoms with Crippen molar-refractivity contribution in [2.45, 2.75) is 60.8 Å². The van der Waals surface area contributed by atoms with Crippen molar-refractivity contribution < 1.29 is 4.74 Å². The second-order valence-corrected chi connectivity index (χ2v) is 15.2. The van der Waals surface area contributed by atoms with Crippen molar-refractivity contribution in [1.82, 2.24) is 9.55 Å². The highest BCUT2D eigenvalue weighted by atomic mass is 16.5. The molecular formula is C47H46N4O. The molecule has 260 valence electrons. The summed E-state index contributed by atoms with van der Waals surface area (Å²) in [6, 6.07) is 36.4. The van der Waals surface area contributed by atoms with Crippen LogP contribution in [-0.2, 0) is 5.41 Å². The van der Waals surface area contributed by atoms with Crippen molar-refractivity contribution in [1.29, 1.82) is 0 Å². The molecule has 0 aliphatic carbocycles. The van der Waals surface area contributed by atoms with Crippen LogP contribution in [0.1, 0.15) is 54.2 Å². The summed E-state index contributed by atoms with van der Waals surface area (Å²) in [5.41, 5.74) is 15.0. The zero-order valence-electron chi connectivity index (χ0n) is 31.5. The Hall–Kier alpha value is -5.81. The van der Waals surface area contributed by atoms with E-state index in [4.69, 9.17) is 9.72 Å². The standard InChI is InChI=1S/C47H46N4O/c1-30-31(2)33(4)46(34(5)32(30)3)50-25-24-49(29-50)37-16-12-17-38(27-37)52-39-20-21-41-43(28-39)51(44-26-36(22-23-48-44)47(6,7)8)42-19-13-18-40(45(41)42)35-14-10-9-11-15-35/h9-28H,29H2,1-8H3. The van der Waals surface area contributed by atoms with E-state index >= 15 is 0 Å². The third kappa shape index (κ3) is 5.71. The van der Waals surface area contributed by atoms with E-state index in [1.54, 1.807) is 0 Å². The third-order valence-electron chi connectivity index (χ3n) is 11.1. The number of aromatic nitrogens is 2. The summed E-state index contributed by atoms with van der Waals surface area (Å²) in [6.07, 6.45) is 6.28. The molecule has 0 saturated heterocycles. The summed E-state index contributed by atoms with van der Waals surface area (Å²) in [7, 11) is 0. The number of fused-ring (bicyclic) bond motifs is 3. The molecule has 5 heteroatoms. The fourth-order valence-corrected chi connectivity index (χ4v) is 7.73. The van der Waals surface area contributed by atoms with Gasteiger partial charge in [-0.3, -0.25) is 4.57 Å². The minimum absolute atomic E-state index is 0.0117. The normalized spacial score (nSPS) is 13.2. The summed E-state index contributed by atoms with van der Waals surface area (Å²) in [6.45, 7) is 18.6. The van der Waals surface area contributed by atoms with Crippen molar-refractivity contribution in [3.8, 4) is 28.4 Å². The summed E-state index contributed by atoms with van der Waals surface area (Å²) in [4.78, 5) is 9.56. The molecule has 1 aliphatic heterocycles. The second-order valence-electron chi connectivity index (χ2n) is 15.2. The first-order chi connectivity index (χ1) is 25.0. The van der Waals surface area contributed by atoms with Crippen molar-refractivity contribution in [3.63, 3.8) is 0 Å². The number of hydrogen-bond donors (Lipinski definition) is 0. The van der Waals surface area contributed by atoms with Crippen LogP contribution in [0.2, 0.25) is 0 Å². The van der Waals surface area contributed by atoms with Crippen LogP contribution in [0.3, 0.4) is 0 Å². The molecule has 0 saturated carbocycles. The van der Waals surface area contributed by atoms with Crippen LogP contribution in [-0.4, -0.2) is 16.2 Å². The van der Waals surface area contributed by atoms with E-state index in [0.717, 1.165) is 46.1 Å². The number of benzene rings is 5. The molecule has 0 unspecified atom stereocenters. The third-order valence-corrected chi connectivity index (χ3v) is 11.1. The summed E-state index contributed by atoms with van der Waals surface area (Å²) < 4.78 is 8.95. The molecule has 0 bridgehead atoms. The van der Waals surface area contributed by atoms with Gasteiger partial charge in [-0.2, -0.15) is 0 Å². The summed E-state index contributed by atoms with van der Waals surface area (Å²) in [5.74, 6) is 2.46. The summed E-state index contributed by atoms with van der Waals surface area (Å²) >= 11 is 0. The average Bonchev–Trinajstić information content (AvgIpc) is 3.76. The Morgan fingerprint density at radius 1 is 0.615 bits per heavy atom. The highest BCUT2D eigenvalue weighted by molar-refractivity contribution is 6.16. The lowest BCUT2D eigenvalue weighted by Gasteiger charge is -2.27. The molecule has 0 fully saturated rings. The lowest BCUT2D eigenvalue weighted by Crippen LogP contribution is -2.26. The molecule has 0 amide bonds. The molecule has 52 heavy (non-hydrogen) atoms. The SMILES string of the molecule is Cc1c(C)c(C)c(N2C=CN(c3cccc(Oc4ccc5c6c(-c7ccccc7)cccc6n(-c6cc(C(C)(C)C)ccn6)c5c4)c3)C2)c(C)c1C. The van der Waals surface area contributed by atoms with Gasteiger partial charge in [0.15, 0.2) is 0 Å². The van der Waals surface area contributed by atoms with E-state index in [0.29, 0.717) is 0 Å². The van der Waals surface area contributed by atoms with Crippen LogP contribution in [0.5, 0.6) is 11.5 Å². The lowest BCUT2D eigenvalue weighted by molar-refractivity contribution is 0.483. The van der Waals surface area contributed by atoms with Gasteiger partial charge in [-0.25, -0.2) is 4.98 Å². The van der Waals surface area contributed by atoms with Crippen LogP contribution < -0.4 is 14.5 Å². The van der Waals surface area contributed by atoms with Crippen LogP contribution in [0.25, 0.3) is 38.8 Å². The zero-order valence-corrected chi connectivity index (χ0v) is 31.5. The predicted molar refractivity (Wildman–Crippen MR) is 218 cm³/mol. The van der Waals surface area contributed by atoms with Crippen molar-refractivity contribution in [2.75, 3.05) is 16.5 Å². The quantitative estimate of drug-likeness (QED) is 0.175. The van der Waals surface area contributed by atoms with E-state index < -0.39 is 0 Å². The molecule has 8 rings (SSSR count). The molecule has 0 atom stereocenters. The van der Waals surface area contributed by atoms with Gasteiger partial charge >= 0.3 is 0 Å². The Kier molecular flexibility index (Phi) is 8.18. The Balaban J connectivity index is 1.17. The molecule has 0 N–H and O–H groups in total. The highest BCUT2D eigenvalue weighted by Crippen LogP contribution is 2.41. The second kappa shape index (κ2) is 12.8. The van der Waals surface area contributed by atoms with Crippen molar-refractivity contribution >= 4 is 33.2 Å². The number of pyridine rings is 1. The molecule has 0 spiro atoms. The summed E-state index contributed by atoms with van der Waals surface area (Å²) in [5, 5.41) is 2.36. The van der Waals surface area contributed by atoms with E-state index in [-0.39, 0.29) is 5.41 Å². The Labute approximate surface area is 307 Å². The number of nitrogens with zero attached hydrogens (tertiary/aromatic N) is 4. The van der Waals surface area contributed by atoms with E-state index in [9.17, 15) is 0 Å². The predicted octanol–water partition coefficient (Wildman–Crippen LogP) is 12.2. The Morgan fingerprint density at radius 3 is 2.06 bits per heavy atom. The molecule has 5 nitrogen and oxygen atoms in total. The van der Waals surface area contributed by atoms with Crippen molar-refractivity contribution in [3.05, 3.63) is 155 Å². The maximum Gasteiger partial charge on any atom is 0.137 e. The van der Waals surface area contributed by atoms with Gasteiger partial charge in [0.1, 0.15) is 17.3 Å². The van der Waals surface area contributed by atoms with Crippen LogP contribution in [0, 0.1) is 34.6 Å². The Bertz CT molecular complexity index is 2490. The van der Waals surface area contributed by atoms with Crippen LogP contribution in [0.15, 0.2) is 122 Å². The minimum atomic E-state index is -0.0117. The fourth-order valence-electron chi connectivity index (χ4n) is 7.73. The van der Waals surface area contributed by atoms with Gasteiger partial charge < -0.3 is 14.5 Å². The van der Waals surface area contributed by atoms with E-state index in [1.165, 1.54) is 55.6 Å². The first-order valence-electron chi connectivity index (χ1n) is 18.2. The van der Waals surface area contributed by atoms with E-state index in [1.807, 2.05) is 12.3 Å². The maximum absolute atomic E-state index is 6.66.